The van der Waals surface area contributed by atoms with Gasteiger partial charge in [-0.25, -0.2) is 4.79 Å². The Kier molecular flexibility index (Phi) is 5.42. The molecule has 182 valence electrons. The standard InChI is InChI=1S/C25H38N4O4/c1-27-12-17-9-10-29(22(26)28-2)13-23(17)16-8-7-15-5-4-6-19-24(32,14-33-3)20(21(30)31)18(11-16)25(15,19)23/h9-10,15-17,19,27,32H,4-8,11-14H2,1-3H3,(H2,26,28)(H,30,31). The lowest BCUT2D eigenvalue weighted by molar-refractivity contribution is -0.181. The highest BCUT2D eigenvalue weighted by molar-refractivity contribution is 5.92. The number of hydrogen-bond donors (Lipinski definition) is 4. The van der Waals surface area contributed by atoms with E-state index in [0.29, 0.717) is 24.3 Å². The quantitative estimate of drug-likeness (QED) is 0.365. The number of rotatable bonds is 5. The molecule has 1 aliphatic heterocycles. The molecule has 3 fully saturated rings. The van der Waals surface area contributed by atoms with Crippen LogP contribution in [0.2, 0.25) is 0 Å². The molecule has 5 aliphatic rings. The number of guanidine groups is 1. The van der Waals surface area contributed by atoms with Gasteiger partial charge in [-0.3, -0.25) is 4.99 Å². The van der Waals surface area contributed by atoms with Crippen LogP contribution in [-0.2, 0) is 9.53 Å². The van der Waals surface area contributed by atoms with Crippen LogP contribution in [0.15, 0.2) is 28.4 Å². The molecule has 0 aromatic carbocycles. The summed E-state index contributed by atoms with van der Waals surface area (Å²) in [6, 6.07) is 0. The predicted octanol–water partition coefficient (Wildman–Crippen LogP) is 1.57. The van der Waals surface area contributed by atoms with Crippen molar-refractivity contribution < 1.29 is 19.7 Å². The van der Waals surface area contributed by atoms with E-state index in [1.807, 2.05) is 13.2 Å². The maximum Gasteiger partial charge on any atom is 0.334 e. The molecule has 0 saturated heterocycles. The molecule has 7 unspecified atom stereocenters. The van der Waals surface area contributed by atoms with Crippen molar-refractivity contribution in [3.8, 4) is 0 Å². The highest BCUT2D eigenvalue weighted by atomic mass is 16.5. The fraction of sp³-hybridized carbons (Fsp3) is 0.760. The van der Waals surface area contributed by atoms with Gasteiger partial charge in [-0.1, -0.05) is 12.5 Å². The highest BCUT2D eigenvalue weighted by Crippen LogP contribution is 2.81. The molecule has 2 bridgehead atoms. The zero-order chi connectivity index (χ0) is 23.6. The molecule has 0 aromatic heterocycles. The molecule has 0 radical (unpaired) electrons. The summed E-state index contributed by atoms with van der Waals surface area (Å²) in [5.41, 5.74) is 5.51. The average Bonchev–Trinajstić information content (AvgIpc) is 3.07. The minimum Gasteiger partial charge on any atom is -0.478 e. The Labute approximate surface area is 195 Å². The Morgan fingerprint density at radius 2 is 2.09 bits per heavy atom. The van der Waals surface area contributed by atoms with Crippen molar-refractivity contribution in [3.05, 3.63) is 23.4 Å². The van der Waals surface area contributed by atoms with Gasteiger partial charge in [-0.15, -0.1) is 0 Å². The van der Waals surface area contributed by atoms with Crippen molar-refractivity contribution in [2.75, 3.05) is 40.9 Å². The van der Waals surface area contributed by atoms with Gasteiger partial charge in [0, 0.05) is 50.2 Å². The Morgan fingerprint density at radius 1 is 1.33 bits per heavy atom. The molecular weight excluding hydrogens is 420 g/mol. The third-order valence-corrected chi connectivity index (χ3v) is 9.98. The molecule has 0 amide bonds. The molecule has 0 aromatic rings. The largest absolute Gasteiger partial charge is 0.478 e. The first kappa shape index (κ1) is 22.9. The molecule has 7 atom stereocenters. The van der Waals surface area contributed by atoms with Crippen LogP contribution in [0.25, 0.3) is 0 Å². The first-order valence-corrected chi connectivity index (χ1v) is 12.3. The van der Waals surface area contributed by atoms with Gasteiger partial charge in [0.1, 0.15) is 5.60 Å². The number of aliphatic hydroxyl groups is 1. The first-order chi connectivity index (χ1) is 15.8. The van der Waals surface area contributed by atoms with Crippen LogP contribution < -0.4 is 11.1 Å². The van der Waals surface area contributed by atoms with Gasteiger partial charge in [0.05, 0.1) is 12.2 Å². The molecule has 4 aliphatic carbocycles. The highest BCUT2D eigenvalue weighted by Gasteiger charge is 2.79. The van der Waals surface area contributed by atoms with Crippen molar-refractivity contribution in [2.24, 2.45) is 45.2 Å². The topological polar surface area (TPSA) is 120 Å². The fourth-order valence-corrected chi connectivity index (χ4v) is 9.34. The number of ether oxygens (including phenoxy) is 1. The normalized spacial score (nSPS) is 44.0. The number of nitrogens with two attached hydrogens (primary N) is 1. The van der Waals surface area contributed by atoms with Gasteiger partial charge < -0.3 is 30.9 Å². The minimum atomic E-state index is -1.47. The van der Waals surface area contributed by atoms with E-state index in [0.717, 1.165) is 50.6 Å². The summed E-state index contributed by atoms with van der Waals surface area (Å²) < 4.78 is 5.50. The van der Waals surface area contributed by atoms with Gasteiger partial charge in [0.25, 0.3) is 0 Å². The summed E-state index contributed by atoms with van der Waals surface area (Å²) in [5.74, 6) is 0.253. The van der Waals surface area contributed by atoms with Crippen molar-refractivity contribution in [2.45, 2.75) is 44.1 Å². The lowest BCUT2D eigenvalue weighted by Crippen LogP contribution is -2.67. The molecule has 5 rings (SSSR count). The maximum atomic E-state index is 12.8. The maximum absolute atomic E-state index is 12.8. The van der Waals surface area contributed by atoms with E-state index in [2.05, 4.69) is 21.3 Å². The van der Waals surface area contributed by atoms with Crippen molar-refractivity contribution in [3.63, 3.8) is 0 Å². The van der Waals surface area contributed by atoms with Gasteiger partial charge in [-0.05, 0) is 62.5 Å². The molecule has 2 spiro atoms. The molecule has 5 N–H and O–H groups in total. The van der Waals surface area contributed by atoms with Gasteiger partial charge in [0.15, 0.2) is 5.96 Å². The smallest absolute Gasteiger partial charge is 0.334 e. The molecule has 1 heterocycles. The Hall–Kier alpha value is -1.90. The number of allylic oxidation sites excluding steroid dienone is 1. The van der Waals surface area contributed by atoms with Crippen molar-refractivity contribution in [1.82, 2.24) is 10.2 Å². The molecule has 33 heavy (non-hydrogen) atoms. The van der Waals surface area contributed by atoms with Crippen LogP contribution in [0.5, 0.6) is 0 Å². The molecule has 8 nitrogen and oxygen atoms in total. The fourth-order valence-electron chi connectivity index (χ4n) is 9.34. The van der Waals surface area contributed by atoms with Crippen LogP contribution in [0.3, 0.4) is 0 Å². The minimum absolute atomic E-state index is 0.0207. The van der Waals surface area contributed by atoms with E-state index in [4.69, 9.17) is 10.5 Å². The Morgan fingerprint density at radius 3 is 2.76 bits per heavy atom. The molecule has 8 heteroatoms. The van der Waals surface area contributed by atoms with E-state index in [1.165, 1.54) is 0 Å². The number of nitrogens with one attached hydrogen (secondary N) is 1. The van der Waals surface area contributed by atoms with E-state index in [1.54, 1.807) is 14.2 Å². The van der Waals surface area contributed by atoms with Gasteiger partial charge in [0.2, 0.25) is 0 Å². The number of aliphatic carboxylic acids is 1. The lowest BCUT2D eigenvalue weighted by atomic mass is 9.40. The molecule has 3 saturated carbocycles. The van der Waals surface area contributed by atoms with Crippen LogP contribution in [-0.4, -0.2) is 73.5 Å². The number of methoxy groups -OCH3 is 1. The summed E-state index contributed by atoms with van der Waals surface area (Å²) in [5, 5.41) is 26.0. The summed E-state index contributed by atoms with van der Waals surface area (Å²) in [7, 11) is 5.24. The molecular formula is C25H38N4O4. The van der Waals surface area contributed by atoms with Crippen LogP contribution >= 0.6 is 0 Å². The second-order valence-electron chi connectivity index (χ2n) is 10.8. The van der Waals surface area contributed by atoms with Crippen molar-refractivity contribution >= 4 is 11.9 Å². The van der Waals surface area contributed by atoms with Gasteiger partial charge in [-0.2, -0.15) is 0 Å². The van der Waals surface area contributed by atoms with Crippen molar-refractivity contribution in [1.29, 1.82) is 0 Å². The third-order valence-electron chi connectivity index (χ3n) is 9.98. The van der Waals surface area contributed by atoms with Crippen LogP contribution in [0.4, 0.5) is 0 Å². The second kappa shape index (κ2) is 7.82. The number of carboxylic acids is 1. The van der Waals surface area contributed by atoms with E-state index in [9.17, 15) is 15.0 Å². The van der Waals surface area contributed by atoms with Crippen LogP contribution in [0, 0.1) is 34.5 Å². The third kappa shape index (κ3) is 2.63. The Balaban J connectivity index is 1.80. The second-order valence-corrected chi connectivity index (χ2v) is 10.8. The summed E-state index contributed by atoms with van der Waals surface area (Å²) >= 11 is 0. The summed E-state index contributed by atoms with van der Waals surface area (Å²) in [6.07, 6.45) is 10.1. The van der Waals surface area contributed by atoms with Gasteiger partial charge >= 0.3 is 5.97 Å². The monoisotopic (exact) mass is 458 g/mol. The zero-order valence-corrected chi connectivity index (χ0v) is 20.0. The number of carboxylic acid groups (broad SMARTS) is 1. The number of nitrogens with zero attached hydrogens (tertiary/aromatic N) is 2. The van der Waals surface area contributed by atoms with E-state index < -0.39 is 11.6 Å². The van der Waals surface area contributed by atoms with Crippen LogP contribution in [0.1, 0.15) is 38.5 Å². The number of hydrogen-bond acceptors (Lipinski definition) is 5. The Bertz CT molecular complexity index is 931. The number of carbonyl (C=O) groups is 1. The van der Waals surface area contributed by atoms with E-state index >= 15 is 0 Å². The number of aliphatic imine (C=N–C) groups is 1. The zero-order valence-electron chi connectivity index (χ0n) is 20.0. The van der Waals surface area contributed by atoms with E-state index in [-0.39, 0.29) is 34.8 Å². The summed E-state index contributed by atoms with van der Waals surface area (Å²) in [6.45, 7) is 1.53. The first-order valence-electron chi connectivity index (χ1n) is 12.3. The SMILES string of the molecule is CN=C(N)N1C=CC(CNC)C2(C1)C1CCC3CCCC4C(O)(COC)C(C(=O)O)=C(C1)C342. The average molecular weight is 459 g/mol. The predicted molar refractivity (Wildman–Crippen MR) is 125 cm³/mol. The lowest BCUT2D eigenvalue weighted by Gasteiger charge is -2.65. The summed E-state index contributed by atoms with van der Waals surface area (Å²) in [4.78, 5) is 19.1.